The van der Waals surface area contributed by atoms with Crippen LogP contribution in [0.5, 0.6) is 5.75 Å². The molecule has 0 aliphatic rings. The van der Waals surface area contributed by atoms with Crippen molar-refractivity contribution in [3.63, 3.8) is 0 Å². The van der Waals surface area contributed by atoms with Gasteiger partial charge in [0.05, 0.1) is 24.8 Å². The van der Waals surface area contributed by atoms with Crippen molar-refractivity contribution in [3.8, 4) is 28.3 Å². The highest BCUT2D eigenvalue weighted by atomic mass is 32.1. The van der Waals surface area contributed by atoms with Gasteiger partial charge < -0.3 is 10.1 Å². The molecule has 0 bridgehead atoms. The Kier molecular flexibility index (Phi) is 5.45. The molecule has 8 nitrogen and oxygen atoms in total. The lowest BCUT2D eigenvalue weighted by molar-refractivity contribution is -0.116. The van der Waals surface area contributed by atoms with Crippen molar-refractivity contribution in [1.29, 1.82) is 0 Å². The summed E-state index contributed by atoms with van der Waals surface area (Å²) in [5, 5.41) is 4.80. The molecule has 5 aromatic rings. The van der Waals surface area contributed by atoms with E-state index in [2.05, 4.69) is 15.3 Å². The van der Waals surface area contributed by atoms with Crippen LogP contribution >= 0.6 is 11.3 Å². The molecule has 164 valence electrons. The van der Waals surface area contributed by atoms with Crippen LogP contribution in [0.3, 0.4) is 0 Å². The van der Waals surface area contributed by atoms with Crippen LogP contribution in [0, 0.1) is 0 Å². The molecule has 1 amide bonds. The van der Waals surface area contributed by atoms with Gasteiger partial charge in [-0.1, -0.05) is 12.1 Å². The van der Waals surface area contributed by atoms with E-state index in [4.69, 9.17) is 4.74 Å². The normalized spacial score (nSPS) is 10.9. The summed E-state index contributed by atoms with van der Waals surface area (Å²) in [6.07, 6.45) is 5.31. The van der Waals surface area contributed by atoms with Gasteiger partial charge in [-0.25, -0.2) is 9.97 Å². The minimum absolute atomic E-state index is 0.131. The standard InChI is InChI=1S/C24H19N5O3S/c1-32-19-8-4-16(5-9-19)20-12-23(31)29(15-25-20)14-22(30)26-18-6-2-17(3-7-18)21-13-28-10-11-33-24(28)27-21/h2-13,15H,14H2,1H3,(H,26,30). The number of rotatable bonds is 6. The molecule has 0 aliphatic heterocycles. The predicted molar refractivity (Wildman–Crippen MR) is 128 cm³/mol. The summed E-state index contributed by atoms with van der Waals surface area (Å²) >= 11 is 1.57. The first-order chi connectivity index (χ1) is 16.1. The van der Waals surface area contributed by atoms with E-state index in [1.807, 2.05) is 58.6 Å². The van der Waals surface area contributed by atoms with Gasteiger partial charge in [-0.05, 0) is 36.4 Å². The van der Waals surface area contributed by atoms with Crippen molar-refractivity contribution in [2.75, 3.05) is 12.4 Å². The fraction of sp³-hybridized carbons (Fsp3) is 0.0833. The van der Waals surface area contributed by atoms with Gasteiger partial charge in [-0.2, -0.15) is 0 Å². The topological polar surface area (TPSA) is 90.5 Å². The van der Waals surface area contributed by atoms with Crippen molar-refractivity contribution in [3.05, 3.63) is 89.1 Å². The summed E-state index contributed by atoms with van der Waals surface area (Å²) in [6, 6.07) is 16.1. The Morgan fingerprint density at radius 3 is 2.48 bits per heavy atom. The Hall–Kier alpha value is -4.24. The monoisotopic (exact) mass is 457 g/mol. The molecule has 0 saturated carbocycles. The molecule has 0 aliphatic carbocycles. The third-order valence-corrected chi connectivity index (χ3v) is 5.91. The number of imidazole rings is 1. The summed E-state index contributed by atoms with van der Waals surface area (Å²) in [6.45, 7) is -0.131. The Morgan fingerprint density at radius 1 is 1.06 bits per heavy atom. The number of amides is 1. The second-order valence-electron chi connectivity index (χ2n) is 7.31. The van der Waals surface area contributed by atoms with Crippen molar-refractivity contribution < 1.29 is 9.53 Å². The molecular weight excluding hydrogens is 438 g/mol. The quantitative estimate of drug-likeness (QED) is 0.417. The number of thiazole rings is 1. The molecule has 0 spiro atoms. The fourth-order valence-corrected chi connectivity index (χ4v) is 4.11. The maximum Gasteiger partial charge on any atom is 0.254 e. The average Bonchev–Trinajstić information content (AvgIpc) is 3.44. The van der Waals surface area contributed by atoms with Gasteiger partial charge in [0.15, 0.2) is 4.96 Å². The van der Waals surface area contributed by atoms with E-state index in [9.17, 15) is 9.59 Å². The Morgan fingerprint density at radius 2 is 1.79 bits per heavy atom. The Bertz CT molecular complexity index is 1450. The molecular formula is C24H19N5O3S. The smallest absolute Gasteiger partial charge is 0.254 e. The van der Waals surface area contributed by atoms with Gasteiger partial charge in [0.25, 0.3) is 5.56 Å². The highest BCUT2D eigenvalue weighted by Gasteiger charge is 2.09. The first-order valence-corrected chi connectivity index (χ1v) is 11.0. The van der Waals surface area contributed by atoms with E-state index in [1.54, 1.807) is 30.6 Å². The molecule has 0 radical (unpaired) electrons. The molecule has 2 aromatic carbocycles. The number of methoxy groups -OCH3 is 1. The van der Waals surface area contributed by atoms with Crippen molar-refractivity contribution in [2.24, 2.45) is 0 Å². The van der Waals surface area contributed by atoms with Gasteiger partial charge in [-0.3, -0.25) is 18.6 Å². The number of hydrogen-bond donors (Lipinski definition) is 1. The second-order valence-corrected chi connectivity index (χ2v) is 8.19. The number of fused-ring (bicyclic) bond motifs is 1. The molecule has 0 fully saturated rings. The first-order valence-electron chi connectivity index (χ1n) is 10.1. The third kappa shape index (κ3) is 4.39. The SMILES string of the molecule is COc1ccc(-c2cc(=O)n(CC(=O)Nc3ccc(-c4cn5ccsc5n4)cc3)cn2)cc1. The lowest BCUT2D eigenvalue weighted by atomic mass is 10.1. The second kappa shape index (κ2) is 8.71. The highest BCUT2D eigenvalue weighted by molar-refractivity contribution is 7.15. The molecule has 0 atom stereocenters. The predicted octanol–water partition coefficient (Wildman–Crippen LogP) is 3.93. The number of carbonyl (C=O) groups is 1. The third-order valence-electron chi connectivity index (χ3n) is 5.14. The molecule has 3 heterocycles. The van der Waals surface area contributed by atoms with Crippen LogP contribution in [0.15, 0.2) is 83.5 Å². The molecule has 9 heteroatoms. The van der Waals surface area contributed by atoms with E-state index in [1.165, 1.54) is 17.0 Å². The number of ether oxygens (including phenoxy) is 1. The zero-order valence-corrected chi connectivity index (χ0v) is 18.5. The van der Waals surface area contributed by atoms with Crippen LogP contribution in [-0.4, -0.2) is 32.0 Å². The van der Waals surface area contributed by atoms with Crippen LogP contribution in [0.2, 0.25) is 0 Å². The van der Waals surface area contributed by atoms with E-state index in [0.717, 1.165) is 27.5 Å². The lowest BCUT2D eigenvalue weighted by Crippen LogP contribution is -2.27. The van der Waals surface area contributed by atoms with E-state index < -0.39 is 0 Å². The van der Waals surface area contributed by atoms with E-state index in [0.29, 0.717) is 11.4 Å². The summed E-state index contributed by atoms with van der Waals surface area (Å²) in [5.41, 5.74) is 3.49. The maximum atomic E-state index is 12.5. The molecule has 0 unspecified atom stereocenters. The number of nitrogens with one attached hydrogen (secondary N) is 1. The molecule has 5 rings (SSSR count). The summed E-state index contributed by atoms with van der Waals surface area (Å²) in [4.78, 5) is 34.8. The van der Waals surface area contributed by atoms with Crippen molar-refractivity contribution >= 4 is 27.9 Å². The fourth-order valence-electron chi connectivity index (χ4n) is 3.41. The molecule has 0 saturated heterocycles. The number of aromatic nitrogens is 4. The zero-order chi connectivity index (χ0) is 22.8. The van der Waals surface area contributed by atoms with Gasteiger partial charge in [0.1, 0.15) is 12.3 Å². The molecule has 33 heavy (non-hydrogen) atoms. The average molecular weight is 458 g/mol. The Balaban J connectivity index is 1.24. The van der Waals surface area contributed by atoms with Gasteiger partial charge in [0, 0.05) is 40.7 Å². The van der Waals surface area contributed by atoms with Crippen LogP contribution < -0.4 is 15.6 Å². The van der Waals surface area contributed by atoms with Gasteiger partial charge >= 0.3 is 0 Å². The number of nitrogens with zero attached hydrogens (tertiary/aromatic N) is 4. The minimum Gasteiger partial charge on any atom is -0.497 e. The van der Waals surface area contributed by atoms with Crippen LogP contribution in [-0.2, 0) is 11.3 Å². The number of carbonyl (C=O) groups excluding carboxylic acids is 1. The number of benzene rings is 2. The van der Waals surface area contributed by atoms with Crippen LogP contribution in [0.1, 0.15) is 0 Å². The van der Waals surface area contributed by atoms with Gasteiger partial charge in [-0.15, -0.1) is 11.3 Å². The zero-order valence-electron chi connectivity index (χ0n) is 17.6. The van der Waals surface area contributed by atoms with E-state index in [-0.39, 0.29) is 18.0 Å². The van der Waals surface area contributed by atoms with Gasteiger partial charge in [0.2, 0.25) is 5.91 Å². The van der Waals surface area contributed by atoms with Crippen molar-refractivity contribution in [2.45, 2.75) is 6.54 Å². The molecule has 3 aromatic heterocycles. The minimum atomic E-state index is -0.314. The van der Waals surface area contributed by atoms with Crippen LogP contribution in [0.4, 0.5) is 5.69 Å². The Labute approximate surface area is 192 Å². The van der Waals surface area contributed by atoms with Crippen molar-refractivity contribution in [1.82, 2.24) is 18.9 Å². The highest BCUT2D eigenvalue weighted by Crippen LogP contribution is 2.23. The summed E-state index contributed by atoms with van der Waals surface area (Å²) in [5.74, 6) is 0.410. The summed E-state index contributed by atoms with van der Waals surface area (Å²) in [7, 11) is 1.59. The number of anilines is 1. The summed E-state index contributed by atoms with van der Waals surface area (Å²) < 4.78 is 8.39. The maximum absolute atomic E-state index is 12.5. The van der Waals surface area contributed by atoms with Crippen LogP contribution in [0.25, 0.3) is 27.5 Å². The van der Waals surface area contributed by atoms with E-state index >= 15 is 0 Å². The first kappa shape index (κ1) is 20.7. The number of hydrogen-bond acceptors (Lipinski definition) is 6. The molecule has 1 N–H and O–H groups in total. The largest absolute Gasteiger partial charge is 0.497 e. The lowest BCUT2D eigenvalue weighted by Gasteiger charge is -2.09.